The highest BCUT2D eigenvalue weighted by Crippen LogP contribution is 2.28. The Bertz CT molecular complexity index is 681. The molecule has 1 aromatic rings. The number of nitrogens with zero attached hydrogens (tertiary/aromatic N) is 2. The first-order valence-corrected chi connectivity index (χ1v) is 9.45. The van der Waals surface area contributed by atoms with Gasteiger partial charge in [0.15, 0.2) is 0 Å². The first kappa shape index (κ1) is 19.4. The van der Waals surface area contributed by atoms with E-state index >= 15 is 0 Å². The van der Waals surface area contributed by atoms with Gasteiger partial charge in [0, 0.05) is 44.1 Å². The second-order valence-electron chi connectivity index (χ2n) is 7.08. The molecular formula is C20H27N3O4. The number of β-amino-alcohol motifs (C(OH)–C–C–N with tert-alkyl or cyclic N) is 1. The zero-order valence-electron chi connectivity index (χ0n) is 15.4. The number of aliphatic carboxylic acids is 1. The summed E-state index contributed by atoms with van der Waals surface area (Å²) in [5.74, 6) is -2.36. The summed E-state index contributed by atoms with van der Waals surface area (Å²) in [6, 6.07) is 7.68. The fourth-order valence-corrected chi connectivity index (χ4v) is 3.74. The quantitative estimate of drug-likeness (QED) is 0.653. The van der Waals surface area contributed by atoms with Crippen molar-refractivity contribution < 1.29 is 19.8 Å². The molecule has 1 aliphatic carbocycles. The summed E-state index contributed by atoms with van der Waals surface area (Å²) in [5.41, 5.74) is 1.78. The Morgan fingerprint density at radius 1 is 1.00 bits per heavy atom. The minimum absolute atomic E-state index is 0.188. The van der Waals surface area contributed by atoms with Crippen molar-refractivity contribution in [1.82, 2.24) is 4.90 Å². The number of allylic oxidation sites excluding steroid dienone is 2. The van der Waals surface area contributed by atoms with Crippen molar-refractivity contribution in [3.8, 4) is 0 Å². The van der Waals surface area contributed by atoms with E-state index in [0.29, 0.717) is 25.1 Å². The molecule has 0 saturated carbocycles. The van der Waals surface area contributed by atoms with Crippen LogP contribution < -0.4 is 10.2 Å². The van der Waals surface area contributed by atoms with Crippen LogP contribution in [-0.4, -0.2) is 66.3 Å². The third-order valence-corrected chi connectivity index (χ3v) is 5.37. The van der Waals surface area contributed by atoms with Gasteiger partial charge in [0.05, 0.1) is 18.4 Å². The number of amides is 1. The van der Waals surface area contributed by atoms with Gasteiger partial charge in [0.25, 0.3) is 0 Å². The van der Waals surface area contributed by atoms with Gasteiger partial charge >= 0.3 is 5.97 Å². The van der Waals surface area contributed by atoms with Gasteiger partial charge in [-0.3, -0.25) is 14.5 Å². The highest BCUT2D eigenvalue weighted by atomic mass is 16.4. The van der Waals surface area contributed by atoms with E-state index in [0.717, 1.165) is 31.9 Å². The fraction of sp³-hybridized carbons (Fsp3) is 0.500. The molecule has 3 rings (SSSR count). The van der Waals surface area contributed by atoms with Crippen LogP contribution in [0.25, 0.3) is 0 Å². The predicted molar refractivity (Wildman–Crippen MR) is 104 cm³/mol. The van der Waals surface area contributed by atoms with Crippen molar-refractivity contribution in [3.05, 3.63) is 36.4 Å². The molecule has 1 fully saturated rings. The van der Waals surface area contributed by atoms with Crippen LogP contribution >= 0.6 is 0 Å². The van der Waals surface area contributed by atoms with Crippen molar-refractivity contribution in [2.45, 2.75) is 12.8 Å². The molecule has 1 saturated heterocycles. The van der Waals surface area contributed by atoms with Crippen LogP contribution in [0.1, 0.15) is 12.8 Å². The summed E-state index contributed by atoms with van der Waals surface area (Å²) in [6.07, 6.45) is 4.56. The molecule has 7 nitrogen and oxygen atoms in total. The largest absolute Gasteiger partial charge is 0.481 e. The Hall–Kier alpha value is -2.38. The summed E-state index contributed by atoms with van der Waals surface area (Å²) in [7, 11) is 0. The molecular weight excluding hydrogens is 346 g/mol. The summed E-state index contributed by atoms with van der Waals surface area (Å²) < 4.78 is 0. The van der Waals surface area contributed by atoms with E-state index in [1.807, 2.05) is 36.4 Å². The van der Waals surface area contributed by atoms with Gasteiger partial charge < -0.3 is 20.4 Å². The summed E-state index contributed by atoms with van der Waals surface area (Å²) in [4.78, 5) is 28.4. The van der Waals surface area contributed by atoms with Crippen LogP contribution in [0.2, 0.25) is 0 Å². The first-order valence-electron chi connectivity index (χ1n) is 9.45. The molecule has 3 N–H and O–H groups in total. The number of carboxylic acid groups (broad SMARTS) is 1. The maximum Gasteiger partial charge on any atom is 0.307 e. The number of piperazine rings is 1. The van der Waals surface area contributed by atoms with Gasteiger partial charge in [-0.2, -0.15) is 0 Å². The summed E-state index contributed by atoms with van der Waals surface area (Å²) in [6.45, 7) is 4.55. The van der Waals surface area contributed by atoms with Crippen LogP contribution in [0.5, 0.6) is 0 Å². The lowest BCUT2D eigenvalue weighted by Gasteiger charge is -2.35. The Balaban J connectivity index is 1.57. The van der Waals surface area contributed by atoms with Crippen molar-refractivity contribution in [3.63, 3.8) is 0 Å². The first-order chi connectivity index (χ1) is 13.1. The maximum absolute atomic E-state index is 12.5. The van der Waals surface area contributed by atoms with E-state index in [2.05, 4.69) is 15.1 Å². The topological polar surface area (TPSA) is 93.1 Å². The molecule has 2 aliphatic rings. The van der Waals surface area contributed by atoms with E-state index in [1.54, 1.807) is 0 Å². The van der Waals surface area contributed by atoms with Crippen LogP contribution in [0, 0.1) is 11.8 Å². The lowest BCUT2D eigenvalue weighted by Crippen LogP contribution is -2.47. The molecule has 27 heavy (non-hydrogen) atoms. The van der Waals surface area contributed by atoms with Gasteiger partial charge in [-0.1, -0.05) is 12.2 Å². The molecule has 0 aromatic heterocycles. The molecule has 2 atom stereocenters. The Morgan fingerprint density at radius 3 is 2.22 bits per heavy atom. The number of carbonyl (C=O) groups excluding carboxylic acids is 1. The molecule has 146 valence electrons. The second kappa shape index (κ2) is 9.01. The number of carbonyl (C=O) groups is 2. The molecule has 0 bridgehead atoms. The minimum atomic E-state index is -0.921. The summed E-state index contributed by atoms with van der Waals surface area (Å²) in [5, 5.41) is 21.2. The van der Waals surface area contributed by atoms with Gasteiger partial charge in [0.2, 0.25) is 5.91 Å². The summed E-state index contributed by atoms with van der Waals surface area (Å²) >= 11 is 0. The monoisotopic (exact) mass is 373 g/mol. The predicted octanol–water partition coefficient (Wildman–Crippen LogP) is 1.41. The molecule has 0 spiro atoms. The normalized spacial score (nSPS) is 23.2. The van der Waals surface area contributed by atoms with Crippen LogP contribution in [0.3, 0.4) is 0 Å². The molecule has 7 heteroatoms. The number of aliphatic hydroxyl groups is 1. The number of aliphatic hydroxyl groups excluding tert-OH is 1. The fourth-order valence-electron chi connectivity index (χ4n) is 3.74. The average molecular weight is 373 g/mol. The smallest absolute Gasteiger partial charge is 0.307 e. The lowest BCUT2D eigenvalue weighted by molar-refractivity contribution is -0.146. The van der Waals surface area contributed by atoms with Gasteiger partial charge in [-0.15, -0.1) is 0 Å². The molecule has 1 aliphatic heterocycles. The maximum atomic E-state index is 12.5. The zero-order chi connectivity index (χ0) is 19.2. The standard InChI is InChI=1S/C20H27N3O4/c24-14-13-22-9-11-23(12-10-22)16-7-5-15(6-8-16)21-19(25)17-3-1-2-4-18(17)20(26)27/h1-2,5-8,17-18,24H,3-4,9-14H2,(H,21,25)(H,26,27). The lowest BCUT2D eigenvalue weighted by atomic mass is 9.82. The number of anilines is 2. The van der Waals surface area contributed by atoms with E-state index < -0.39 is 17.8 Å². The van der Waals surface area contributed by atoms with E-state index in [1.165, 1.54) is 0 Å². The Labute approximate surface area is 159 Å². The van der Waals surface area contributed by atoms with Gasteiger partial charge in [0.1, 0.15) is 0 Å². The SMILES string of the molecule is O=C(O)C1CC=CCC1C(=O)Nc1ccc(N2CCN(CCO)CC2)cc1. The average Bonchev–Trinajstić information content (AvgIpc) is 2.69. The third-order valence-electron chi connectivity index (χ3n) is 5.37. The third kappa shape index (κ3) is 4.87. The number of carboxylic acids is 1. The van der Waals surface area contributed by atoms with Crippen LogP contribution in [0.4, 0.5) is 11.4 Å². The van der Waals surface area contributed by atoms with E-state index in [-0.39, 0.29) is 12.5 Å². The van der Waals surface area contributed by atoms with Crippen LogP contribution in [0.15, 0.2) is 36.4 Å². The number of benzene rings is 1. The van der Waals surface area contributed by atoms with Crippen LogP contribution in [-0.2, 0) is 9.59 Å². The number of nitrogens with one attached hydrogen (secondary N) is 1. The van der Waals surface area contributed by atoms with E-state index in [9.17, 15) is 14.7 Å². The second-order valence-corrected chi connectivity index (χ2v) is 7.08. The zero-order valence-corrected chi connectivity index (χ0v) is 15.4. The van der Waals surface area contributed by atoms with Crippen molar-refractivity contribution in [2.24, 2.45) is 11.8 Å². The highest BCUT2D eigenvalue weighted by molar-refractivity contribution is 5.95. The molecule has 1 amide bonds. The molecule has 1 heterocycles. The number of hydrogen-bond donors (Lipinski definition) is 3. The van der Waals surface area contributed by atoms with Crippen molar-refractivity contribution >= 4 is 23.3 Å². The minimum Gasteiger partial charge on any atom is -0.481 e. The van der Waals surface area contributed by atoms with Crippen molar-refractivity contribution in [2.75, 3.05) is 49.5 Å². The van der Waals surface area contributed by atoms with Crippen molar-refractivity contribution in [1.29, 1.82) is 0 Å². The van der Waals surface area contributed by atoms with Gasteiger partial charge in [-0.25, -0.2) is 0 Å². The number of rotatable bonds is 6. The Morgan fingerprint density at radius 2 is 1.63 bits per heavy atom. The molecule has 0 radical (unpaired) electrons. The number of hydrogen-bond acceptors (Lipinski definition) is 5. The highest BCUT2D eigenvalue weighted by Gasteiger charge is 2.33. The molecule has 1 aromatic carbocycles. The van der Waals surface area contributed by atoms with Gasteiger partial charge in [-0.05, 0) is 37.1 Å². The van der Waals surface area contributed by atoms with E-state index in [4.69, 9.17) is 5.11 Å². The molecule has 2 unspecified atom stereocenters. The Kier molecular flexibility index (Phi) is 6.47.